The number of anilines is 1. The minimum absolute atomic E-state index is 0.0202. The number of benzene rings is 1. The number of nitrogens with one attached hydrogen (secondary N) is 1. The second-order valence-corrected chi connectivity index (χ2v) is 5.67. The van der Waals surface area contributed by atoms with Gasteiger partial charge >= 0.3 is 0 Å². The average molecular weight is 301 g/mol. The predicted octanol–water partition coefficient (Wildman–Crippen LogP) is 2.80. The molecule has 22 heavy (non-hydrogen) atoms. The Morgan fingerprint density at radius 1 is 1.45 bits per heavy atom. The molecule has 5 nitrogen and oxygen atoms in total. The van der Waals surface area contributed by atoms with Crippen LogP contribution >= 0.6 is 0 Å². The van der Waals surface area contributed by atoms with Crippen LogP contribution in [0, 0.1) is 0 Å². The van der Waals surface area contributed by atoms with Crippen molar-refractivity contribution >= 4 is 5.69 Å². The number of aromatic nitrogens is 2. The summed E-state index contributed by atoms with van der Waals surface area (Å²) < 4.78 is 7.50. The lowest BCUT2D eigenvalue weighted by atomic mass is 9.92. The highest BCUT2D eigenvalue weighted by Gasteiger charge is 2.23. The van der Waals surface area contributed by atoms with Crippen LogP contribution in [0.3, 0.4) is 0 Å². The lowest BCUT2D eigenvalue weighted by Gasteiger charge is -2.25. The summed E-state index contributed by atoms with van der Waals surface area (Å²) in [6.07, 6.45) is 5.32. The van der Waals surface area contributed by atoms with Crippen molar-refractivity contribution in [3.63, 3.8) is 0 Å². The minimum atomic E-state index is -0.0202. The molecule has 0 saturated carbocycles. The van der Waals surface area contributed by atoms with Crippen LogP contribution in [0.25, 0.3) is 0 Å². The Kier molecular flexibility index (Phi) is 4.34. The molecule has 0 amide bonds. The Labute approximate surface area is 130 Å². The van der Waals surface area contributed by atoms with E-state index in [0.29, 0.717) is 6.61 Å². The molecular formula is C17H23N3O2. The summed E-state index contributed by atoms with van der Waals surface area (Å²) in [6, 6.07) is 6.18. The van der Waals surface area contributed by atoms with Crippen LogP contribution in [0.15, 0.2) is 24.4 Å². The molecule has 3 rings (SSSR count). The molecule has 2 N–H and O–H groups in total. The third-order valence-corrected chi connectivity index (χ3v) is 4.25. The van der Waals surface area contributed by atoms with Crippen molar-refractivity contribution in [2.75, 3.05) is 11.9 Å². The number of aryl methyl sites for hydroxylation is 1. The highest BCUT2D eigenvalue weighted by atomic mass is 16.5. The summed E-state index contributed by atoms with van der Waals surface area (Å²) in [6.45, 7) is 2.52. The Morgan fingerprint density at radius 3 is 3.09 bits per heavy atom. The Morgan fingerprint density at radius 2 is 2.32 bits per heavy atom. The maximum absolute atomic E-state index is 9.52. The highest BCUT2D eigenvalue weighted by molar-refractivity contribution is 5.52. The van der Waals surface area contributed by atoms with Crippen LogP contribution < -0.4 is 10.1 Å². The number of rotatable bonds is 5. The molecule has 0 radical (unpaired) electrons. The number of fused-ring (bicyclic) bond motifs is 1. The third-order valence-electron chi connectivity index (χ3n) is 4.25. The number of aliphatic hydroxyl groups excluding tert-OH is 1. The maximum atomic E-state index is 9.52. The fourth-order valence-corrected chi connectivity index (χ4v) is 3.15. The van der Waals surface area contributed by atoms with E-state index in [9.17, 15) is 5.11 Å². The first kappa shape index (κ1) is 14.9. The van der Waals surface area contributed by atoms with E-state index in [2.05, 4.69) is 10.4 Å². The Balaban J connectivity index is 1.82. The molecule has 2 aromatic rings. The zero-order valence-electron chi connectivity index (χ0n) is 13.2. The zero-order chi connectivity index (χ0) is 15.5. The molecule has 118 valence electrons. The second kappa shape index (κ2) is 6.40. The predicted molar refractivity (Wildman–Crippen MR) is 86.0 cm³/mol. The molecule has 1 aromatic carbocycles. The quantitative estimate of drug-likeness (QED) is 0.891. The van der Waals surface area contributed by atoms with Crippen molar-refractivity contribution in [2.24, 2.45) is 7.05 Å². The first-order valence-electron chi connectivity index (χ1n) is 7.86. The van der Waals surface area contributed by atoms with E-state index in [1.54, 1.807) is 0 Å². The highest BCUT2D eigenvalue weighted by Crippen LogP contribution is 2.33. The molecule has 1 aliphatic carbocycles. The van der Waals surface area contributed by atoms with Crippen LogP contribution in [0.5, 0.6) is 5.75 Å². The molecule has 1 unspecified atom stereocenters. The lowest BCUT2D eigenvalue weighted by molar-refractivity contribution is 0.267. The van der Waals surface area contributed by atoms with Gasteiger partial charge in [0.1, 0.15) is 5.75 Å². The number of hydrogen-bond donors (Lipinski definition) is 2. The first-order valence-corrected chi connectivity index (χ1v) is 7.86. The molecular weight excluding hydrogens is 278 g/mol. The van der Waals surface area contributed by atoms with Crippen molar-refractivity contribution in [1.29, 1.82) is 0 Å². The normalized spacial score (nSPS) is 17.1. The lowest BCUT2D eigenvalue weighted by Crippen LogP contribution is -2.17. The first-order chi connectivity index (χ1) is 10.7. The van der Waals surface area contributed by atoms with E-state index >= 15 is 0 Å². The van der Waals surface area contributed by atoms with E-state index in [-0.39, 0.29) is 12.6 Å². The van der Waals surface area contributed by atoms with Crippen LogP contribution in [-0.4, -0.2) is 21.5 Å². The summed E-state index contributed by atoms with van der Waals surface area (Å²) in [5, 5.41) is 17.5. The fraction of sp³-hybridized carbons (Fsp3) is 0.471. The molecule has 0 spiro atoms. The Bertz CT molecular complexity index is 651. The van der Waals surface area contributed by atoms with Gasteiger partial charge in [0.05, 0.1) is 25.5 Å². The van der Waals surface area contributed by atoms with Crippen LogP contribution in [-0.2, 0) is 20.1 Å². The van der Waals surface area contributed by atoms with E-state index < -0.39 is 0 Å². The van der Waals surface area contributed by atoms with Gasteiger partial charge in [-0.3, -0.25) is 4.68 Å². The number of nitrogens with zero attached hydrogens (tertiary/aromatic N) is 2. The molecule has 1 aliphatic rings. The van der Waals surface area contributed by atoms with Crippen molar-refractivity contribution in [2.45, 2.75) is 38.8 Å². The molecule has 0 bridgehead atoms. The summed E-state index contributed by atoms with van der Waals surface area (Å²) in [4.78, 5) is 0. The smallest absolute Gasteiger partial charge is 0.124 e. The SMILES string of the molecule is CCOc1ccc(NC2CCCc3c2cnn3C)cc1CO. The van der Waals surface area contributed by atoms with E-state index in [1.807, 2.05) is 43.0 Å². The van der Waals surface area contributed by atoms with E-state index in [1.165, 1.54) is 11.3 Å². The van der Waals surface area contributed by atoms with Crippen LogP contribution in [0.1, 0.15) is 42.6 Å². The summed E-state index contributed by atoms with van der Waals surface area (Å²) in [7, 11) is 2.00. The standard InChI is InChI=1S/C17H23N3O2/c1-3-22-17-8-7-13(9-12(17)11-21)19-15-5-4-6-16-14(15)10-18-20(16)2/h7-10,15,19,21H,3-6,11H2,1-2H3. The summed E-state index contributed by atoms with van der Waals surface area (Å²) in [5.74, 6) is 0.751. The van der Waals surface area contributed by atoms with Gasteiger partial charge in [0.2, 0.25) is 0 Å². The molecule has 5 heteroatoms. The third kappa shape index (κ3) is 2.81. The van der Waals surface area contributed by atoms with Gasteiger partial charge in [0.15, 0.2) is 0 Å². The van der Waals surface area contributed by atoms with Crippen molar-refractivity contribution in [1.82, 2.24) is 9.78 Å². The van der Waals surface area contributed by atoms with Crippen molar-refractivity contribution in [3.8, 4) is 5.75 Å². The number of ether oxygens (including phenoxy) is 1. The fourth-order valence-electron chi connectivity index (χ4n) is 3.15. The zero-order valence-corrected chi connectivity index (χ0v) is 13.2. The van der Waals surface area contributed by atoms with Crippen LogP contribution in [0.2, 0.25) is 0 Å². The molecule has 1 atom stereocenters. The molecule has 0 fully saturated rings. The van der Waals surface area contributed by atoms with E-state index in [4.69, 9.17) is 4.74 Å². The number of aliphatic hydroxyl groups is 1. The van der Waals surface area contributed by atoms with Gasteiger partial charge in [-0.05, 0) is 44.4 Å². The summed E-state index contributed by atoms with van der Waals surface area (Å²) in [5.41, 5.74) is 4.42. The van der Waals surface area contributed by atoms with Crippen molar-refractivity contribution in [3.05, 3.63) is 41.2 Å². The topological polar surface area (TPSA) is 59.3 Å². The maximum Gasteiger partial charge on any atom is 0.124 e. The van der Waals surface area contributed by atoms with Crippen LogP contribution in [0.4, 0.5) is 5.69 Å². The average Bonchev–Trinajstić information content (AvgIpc) is 2.92. The summed E-state index contributed by atoms with van der Waals surface area (Å²) >= 11 is 0. The monoisotopic (exact) mass is 301 g/mol. The van der Waals surface area contributed by atoms with Gasteiger partial charge in [0.25, 0.3) is 0 Å². The van der Waals surface area contributed by atoms with E-state index in [0.717, 1.165) is 36.3 Å². The van der Waals surface area contributed by atoms with Gasteiger partial charge in [-0.15, -0.1) is 0 Å². The second-order valence-electron chi connectivity index (χ2n) is 5.67. The van der Waals surface area contributed by atoms with Gasteiger partial charge < -0.3 is 15.2 Å². The van der Waals surface area contributed by atoms with Gasteiger partial charge in [0, 0.05) is 29.6 Å². The minimum Gasteiger partial charge on any atom is -0.494 e. The van der Waals surface area contributed by atoms with Gasteiger partial charge in [-0.2, -0.15) is 5.10 Å². The van der Waals surface area contributed by atoms with Gasteiger partial charge in [-0.1, -0.05) is 0 Å². The largest absolute Gasteiger partial charge is 0.494 e. The van der Waals surface area contributed by atoms with Gasteiger partial charge in [-0.25, -0.2) is 0 Å². The molecule has 0 aliphatic heterocycles. The number of hydrogen-bond acceptors (Lipinski definition) is 4. The molecule has 1 aromatic heterocycles. The molecule has 1 heterocycles. The Hall–Kier alpha value is -2.01. The van der Waals surface area contributed by atoms with Crippen molar-refractivity contribution < 1.29 is 9.84 Å². The molecule has 0 saturated heterocycles.